The minimum atomic E-state index is 0.166. The zero-order valence-corrected chi connectivity index (χ0v) is 6.38. The Morgan fingerprint density at radius 1 is 1.00 bits per heavy atom. The highest BCUT2D eigenvalue weighted by Gasteiger charge is 1.96. The number of hydrogen-bond donors (Lipinski definition) is 3. The van der Waals surface area contributed by atoms with Crippen LogP contribution >= 0.6 is 0 Å². The Hall–Kier alpha value is -0.800. The average Bonchev–Trinajstić information content (AvgIpc) is 2.38. The second-order valence-electron chi connectivity index (χ2n) is 2.46. The van der Waals surface area contributed by atoms with Gasteiger partial charge in [0.05, 0.1) is 0 Å². The maximum Gasteiger partial charge on any atom is 0.0485 e. The molecule has 1 rings (SSSR count). The van der Waals surface area contributed by atoms with Gasteiger partial charge in [-0.15, -0.1) is 0 Å². The van der Waals surface area contributed by atoms with Crippen LogP contribution < -0.4 is 0 Å². The molecular formula is C8H13NO2. The lowest BCUT2D eigenvalue weighted by molar-refractivity contribution is 0.296. The minimum Gasteiger partial charge on any atom is -0.396 e. The summed E-state index contributed by atoms with van der Waals surface area (Å²) in [5.41, 5.74) is 2.05. The first-order valence-corrected chi connectivity index (χ1v) is 3.75. The second kappa shape index (κ2) is 4.16. The third-order valence-electron chi connectivity index (χ3n) is 1.57. The molecular weight excluding hydrogens is 142 g/mol. The van der Waals surface area contributed by atoms with Crippen LogP contribution in [0.25, 0.3) is 0 Å². The molecule has 0 spiro atoms. The molecule has 0 aliphatic heterocycles. The maximum absolute atomic E-state index is 8.59. The predicted octanol–water partition coefficient (Wildman–Crippen LogP) is 0.0843. The Morgan fingerprint density at radius 2 is 1.45 bits per heavy atom. The van der Waals surface area contributed by atoms with Gasteiger partial charge in [-0.2, -0.15) is 0 Å². The van der Waals surface area contributed by atoms with Gasteiger partial charge in [-0.1, -0.05) is 0 Å². The number of H-pyrrole nitrogens is 1. The van der Waals surface area contributed by atoms with E-state index < -0.39 is 0 Å². The van der Waals surface area contributed by atoms with Crippen LogP contribution in [0.15, 0.2) is 12.1 Å². The molecule has 0 saturated heterocycles. The van der Waals surface area contributed by atoms with E-state index in [9.17, 15) is 0 Å². The summed E-state index contributed by atoms with van der Waals surface area (Å²) in [4.78, 5) is 3.10. The fourth-order valence-corrected chi connectivity index (χ4v) is 1.02. The van der Waals surface area contributed by atoms with Crippen LogP contribution in [0.2, 0.25) is 0 Å². The van der Waals surface area contributed by atoms with Gasteiger partial charge in [0.1, 0.15) is 0 Å². The van der Waals surface area contributed by atoms with Gasteiger partial charge in [-0.25, -0.2) is 0 Å². The predicted molar refractivity (Wildman–Crippen MR) is 42.4 cm³/mol. The van der Waals surface area contributed by atoms with Crippen molar-refractivity contribution < 1.29 is 10.2 Å². The molecule has 0 aromatic carbocycles. The van der Waals surface area contributed by atoms with E-state index >= 15 is 0 Å². The first kappa shape index (κ1) is 8.30. The van der Waals surface area contributed by atoms with Gasteiger partial charge in [0, 0.05) is 37.4 Å². The van der Waals surface area contributed by atoms with E-state index in [2.05, 4.69) is 4.98 Å². The highest BCUT2D eigenvalue weighted by molar-refractivity contribution is 5.13. The van der Waals surface area contributed by atoms with Crippen molar-refractivity contribution in [3.8, 4) is 0 Å². The Morgan fingerprint density at radius 3 is 1.82 bits per heavy atom. The molecule has 0 aliphatic carbocycles. The molecule has 0 saturated carbocycles. The number of aliphatic hydroxyl groups is 2. The molecule has 0 fully saturated rings. The molecule has 1 heterocycles. The van der Waals surface area contributed by atoms with Crippen LogP contribution in [0.1, 0.15) is 11.4 Å². The number of aromatic amines is 1. The van der Waals surface area contributed by atoms with Crippen molar-refractivity contribution in [1.82, 2.24) is 4.98 Å². The molecule has 0 atom stereocenters. The lowest BCUT2D eigenvalue weighted by Crippen LogP contribution is -1.93. The summed E-state index contributed by atoms with van der Waals surface area (Å²) in [6.45, 7) is 0.332. The van der Waals surface area contributed by atoms with Crippen LogP contribution in [0.3, 0.4) is 0 Å². The average molecular weight is 155 g/mol. The van der Waals surface area contributed by atoms with E-state index in [1.54, 1.807) is 0 Å². The second-order valence-corrected chi connectivity index (χ2v) is 2.46. The van der Waals surface area contributed by atoms with Crippen molar-refractivity contribution in [2.24, 2.45) is 0 Å². The zero-order valence-electron chi connectivity index (χ0n) is 6.38. The van der Waals surface area contributed by atoms with Gasteiger partial charge in [0.2, 0.25) is 0 Å². The fourth-order valence-electron chi connectivity index (χ4n) is 1.02. The summed E-state index contributed by atoms with van der Waals surface area (Å²) in [6, 6.07) is 3.86. The molecule has 0 amide bonds. The van der Waals surface area contributed by atoms with Crippen molar-refractivity contribution in [3.05, 3.63) is 23.5 Å². The van der Waals surface area contributed by atoms with Crippen molar-refractivity contribution in [2.75, 3.05) is 13.2 Å². The first-order chi connectivity index (χ1) is 5.36. The molecule has 11 heavy (non-hydrogen) atoms. The molecule has 0 bridgehead atoms. The van der Waals surface area contributed by atoms with Gasteiger partial charge < -0.3 is 15.2 Å². The Balaban J connectivity index is 2.51. The van der Waals surface area contributed by atoms with Crippen LogP contribution in [0.4, 0.5) is 0 Å². The van der Waals surface area contributed by atoms with Crippen LogP contribution in [0.5, 0.6) is 0 Å². The molecule has 0 unspecified atom stereocenters. The van der Waals surface area contributed by atoms with Crippen molar-refractivity contribution in [3.63, 3.8) is 0 Å². The summed E-state index contributed by atoms with van der Waals surface area (Å²) < 4.78 is 0. The number of rotatable bonds is 4. The quantitative estimate of drug-likeness (QED) is 0.577. The fraction of sp³-hybridized carbons (Fsp3) is 0.500. The SMILES string of the molecule is OCCc1ccc(CCO)[nH]1. The Kier molecular flexibility index (Phi) is 3.14. The van der Waals surface area contributed by atoms with Gasteiger partial charge in [-0.05, 0) is 12.1 Å². The van der Waals surface area contributed by atoms with Gasteiger partial charge >= 0.3 is 0 Å². The zero-order chi connectivity index (χ0) is 8.10. The molecule has 0 radical (unpaired) electrons. The van der Waals surface area contributed by atoms with Gasteiger partial charge in [0.15, 0.2) is 0 Å². The summed E-state index contributed by atoms with van der Waals surface area (Å²) in [6.07, 6.45) is 1.32. The van der Waals surface area contributed by atoms with E-state index in [0.29, 0.717) is 12.8 Å². The lowest BCUT2D eigenvalue weighted by atomic mass is 10.3. The van der Waals surface area contributed by atoms with E-state index in [1.807, 2.05) is 12.1 Å². The molecule has 0 aliphatic rings. The number of aromatic nitrogens is 1. The Bertz CT molecular complexity index is 187. The molecule has 3 nitrogen and oxygen atoms in total. The Labute approximate surface area is 65.7 Å². The highest BCUT2D eigenvalue weighted by Crippen LogP contribution is 2.02. The highest BCUT2D eigenvalue weighted by atomic mass is 16.3. The van der Waals surface area contributed by atoms with Crippen molar-refractivity contribution >= 4 is 0 Å². The smallest absolute Gasteiger partial charge is 0.0485 e. The summed E-state index contributed by atoms with van der Waals surface area (Å²) >= 11 is 0. The topological polar surface area (TPSA) is 56.2 Å². The standard InChI is InChI=1S/C8H13NO2/c10-5-3-7-1-2-8(9-7)4-6-11/h1-2,9-11H,3-6H2. The largest absolute Gasteiger partial charge is 0.396 e. The van der Waals surface area contributed by atoms with Gasteiger partial charge in [-0.3, -0.25) is 0 Å². The van der Waals surface area contributed by atoms with Gasteiger partial charge in [0.25, 0.3) is 0 Å². The summed E-state index contributed by atoms with van der Waals surface area (Å²) in [5.74, 6) is 0. The molecule has 62 valence electrons. The van der Waals surface area contributed by atoms with E-state index in [0.717, 1.165) is 11.4 Å². The maximum atomic E-state index is 8.59. The molecule has 3 heteroatoms. The minimum absolute atomic E-state index is 0.166. The van der Waals surface area contributed by atoms with E-state index in [-0.39, 0.29) is 13.2 Å². The van der Waals surface area contributed by atoms with Crippen LogP contribution in [0, 0.1) is 0 Å². The van der Waals surface area contributed by atoms with Crippen LogP contribution in [-0.2, 0) is 12.8 Å². The van der Waals surface area contributed by atoms with Crippen LogP contribution in [-0.4, -0.2) is 28.4 Å². The van der Waals surface area contributed by atoms with E-state index in [1.165, 1.54) is 0 Å². The number of hydrogen-bond acceptors (Lipinski definition) is 2. The number of nitrogens with one attached hydrogen (secondary N) is 1. The third kappa shape index (κ3) is 2.37. The van der Waals surface area contributed by atoms with Crippen molar-refractivity contribution in [1.29, 1.82) is 0 Å². The summed E-state index contributed by atoms with van der Waals surface area (Å²) in [5, 5.41) is 17.2. The normalized spacial score (nSPS) is 10.4. The molecule has 3 N–H and O–H groups in total. The number of aliphatic hydroxyl groups excluding tert-OH is 2. The first-order valence-electron chi connectivity index (χ1n) is 3.75. The summed E-state index contributed by atoms with van der Waals surface area (Å²) in [7, 11) is 0. The molecule has 1 aromatic rings. The third-order valence-corrected chi connectivity index (χ3v) is 1.57. The lowest BCUT2D eigenvalue weighted by Gasteiger charge is -1.93. The van der Waals surface area contributed by atoms with Crippen molar-refractivity contribution in [2.45, 2.75) is 12.8 Å². The monoisotopic (exact) mass is 155 g/mol. The van der Waals surface area contributed by atoms with E-state index in [4.69, 9.17) is 10.2 Å². The molecule has 1 aromatic heterocycles.